The van der Waals surface area contributed by atoms with E-state index in [9.17, 15) is 17.6 Å². The summed E-state index contributed by atoms with van der Waals surface area (Å²) < 4.78 is 41.6. The molecule has 7 nitrogen and oxygen atoms in total. The molecular weight excluding hydrogens is 419 g/mol. The molecule has 2 aromatic carbocycles. The third-order valence-electron chi connectivity index (χ3n) is 4.31. The first-order valence-electron chi connectivity index (χ1n) is 8.45. The Balaban J connectivity index is 1.95. The predicted molar refractivity (Wildman–Crippen MR) is 109 cm³/mol. The number of amides is 1. The number of nitrogens with zero attached hydrogens (tertiary/aromatic N) is 3. The average Bonchev–Trinajstić information content (AvgIpc) is 3.06. The van der Waals surface area contributed by atoms with Gasteiger partial charge in [-0.25, -0.2) is 12.8 Å². The van der Waals surface area contributed by atoms with Crippen molar-refractivity contribution in [3.63, 3.8) is 0 Å². The number of halogens is 2. The summed E-state index contributed by atoms with van der Waals surface area (Å²) in [5.41, 5.74) is 1.22. The van der Waals surface area contributed by atoms with E-state index in [2.05, 4.69) is 10.4 Å². The van der Waals surface area contributed by atoms with Crippen molar-refractivity contribution in [1.29, 1.82) is 0 Å². The predicted octanol–water partition coefficient (Wildman–Crippen LogP) is 3.60. The molecule has 0 spiro atoms. The molecule has 0 aliphatic heterocycles. The molecule has 0 radical (unpaired) electrons. The number of carbonyl (C=O) groups excluding carboxylic acids is 1. The summed E-state index contributed by atoms with van der Waals surface area (Å²) in [6.45, 7) is 1.85. The van der Waals surface area contributed by atoms with Crippen molar-refractivity contribution in [2.24, 2.45) is 7.05 Å². The van der Waals surface area contributed by atoms with Gasteiger partial charge in [-0.1, -0.05) is 29.3 Å². The maximum absolute atomic E-state index is 13.3. The van der Waals surface area contributed by atoms with Crippen molar-refractivity contribution >= 4 is 39.0 Å². The van der Waals surface area contributed by atoms with Crippen molar-refractivity contribution in [3.8, 4) is 0 Å². The third-order valence-corrected chi connectivity index (χ3v) is 6.36. The second kappa shape index (κ2) is 7.84. The van der Waals surface area contributed by atoms with Crippen LogP contribution in [0.1, 0.15) is 15.9 Å². The van der Waals surface area contributed by atoms with Crippen LogP contribution in [-0.4, -0.2) is 31.2 Å². The van der Waals surface area contributed by atoms with Crippen LogP contribution in [0.4, 0.5) is 15.9 Å². The number of carbonyl (C=O) groups is 1. The van der Waals surface area contributed by atoms with Crippen LogP contribution in [0.5, 0.6) is 0 Å². The van der Waals surface area contributed by atoms with Crippen LogP contribution in [0.3, 0.4) is 0 Å². The highest BCUT2D eigenvalue weighted by Gasteiger charge is 2.28. The Morgan fingerprint density at radius 1 is 1.21 bits per heavy atom. The maximum Gasteiger partial charge on any atom is 0.265 e. The van der Waals surface area contributed by atoms with Gasteiger partial charge in [0.15, 0.2) is 5.82 Å². The van der Waals surface area contributed by atoms with Crippen LogP contribution < -0.4 is 9.62 Å². The molecule has 3 aromatic rings. The first kappa shape index (κ1) is 20.8. The summed E-state index contributed by atoms with van der Waals surface area (Å²) in [6, 6.07) is 10.1. The van der Waals surface area contributed by atoms with Crippen molar-refractivity contribution in [1.82, 2.24) is 9.78 Å². The molecule has 0 aliphatic rings. The SMILES string of the molecule is Cc1ccc(S(=O)(=O)N(C)c2c(C(=O)Nc3ccc(F)c(Cl)c3)cnn2C)cc1. The Bertz CT molecular complexity index is 1180. The van der Waals surface area contributed by atoms with Gasteiger partial charge in [0.05, 0.1) is 16.1 Å². The number of nitrogens with one attached hydrogen (secondary N) is 1. The number of hydrogen-bond donors (Lipinski definition) is 1. The van der Waals surface area contributed by atoms with Crippen molar-refractivity contribution in [2.75, 3.05) is 16.7 Å². The number of aryl methyl sites for hydroxylation is 2. The number of aromatic nitrogens is 2. The van der Waals surface area contributed by atoms with Crippen molar-refractivity contribution < 1.29 is 17.6 Å². The molecular formula is C19H18ClFN4O3S. The summed E-state index contributed by atoms with van der Waals surface area (Å²) in [7, 11) is -1.05. The number of sulfonamides is 1. The van der Waals surface area contributed by atoms with Crippen LogP contribution in [0.25, 0.3) is 0 Å². The first-order chi connectivity index (χ1) is 13.6. The summed E-state index contributed by atoms with van der Waals surface area (Å²) in [4.78, 5) is 12.8. The molecule has 10 heteroatoms. The van der Waals surface area contributed by atoms with E-state index in [0.29, 0.717) is 0 Å². The molecule has 0 unspecified atom stereocenters. The van der Waals surface area contributed by atoms with Gasteiger partial charge in [-0.3, -0.25) is 13.8 Å². The highest BCUT2D eigenvalue weighted by Crippen LogP contribution is 2.27. The minimum atomic E-state index is -3.92. The third kappa shape index (κ3) is 4.10. The molecule has 1 aromatic heterocycles. The zero-order chi connectivity index (χ0) is 21.3. The van der Waals surface area contributed by atoms with E-state index >= 15 is 0 Å². The molecule has 152 valence electrons. The van der Waals surface area contributed by atoms with E-state index in [0.717, 1.165) is 15.9 Å². The minimum Gasteiger partial charge on any atom is -0.322 e. The summed E-state index contributed by atoms with van der Waals surface area (Å²) in [6.07, 6.45) is 1.26. The van der Waals surface area contributed by atoms with E-state index in [4.69, 9.17) is 11.6 Å². The lowest BCUT2D eigenvalue weighted by atomic mass is 10.2. The topological polar surface area (TPSA) is 84.3 Å². The normalized spacial score (nSPS) is 11.3. The second-order valence-electron chi connectivity index (χ2n) is 6.37. The van der Waals surface area contributed by atoms with E-state index < -0.39 is 21.7 Å². The number of benzene rings is 2. The van der Waals surface area contributed by atoms with Gasteiger partial charge in [-0.05, 0) is 37.3 Å². The van der Waals surface area contributed by atoms with Gasteiger partial charge in [-0.2, -0.15) is 5.10 Å². The Morgan fingerprint density at radius 2 is 1.86 bits per heavy atom. The Hall–Kier alpha value is -2.91. The zero-order valence-electron chi connectivity index (χ0n) is 15.8. The summed E-state index contributed by atoms with van der Waals surface area (Å²) in [5, 5.41) is 6.44. The molecule has 0 saturated carbocycles. The standard InChI is InChI=1S/C19H18ClFN4O3S/c1-12-4-7-14(8-5-12)29(27,28)25(3)19-15(11-22-24(19)2)18(26)23-13-6-9-17(21)16(20)10-13/h4-11H,1-3H3,(H,23,26). The molecule has 0 atom stereocenters. The second-order valence-corrected chi connectivity index (χ2v) is 8.75. The Labute approximate surface area is 172 Å². The van der Waals surface area contributed by atoms with Crippen LogP contribution in [0.2, 0.25) is 5.02 Å². The smallest absolute Gasteiger partial charge is 0.265 e. The van der Waals surface area contributed by atoms with Crippen LogP contribution in [0.15, 0.2) is 53.6 Å². The highest BCUT2D eigenvalue weighted by molar-refractivity contribution is 7.92. The number of anilines is 2. The Morgan fingerprint density at radius 3 is 2.48 bits per heavy atom. The first-order valence-corrected chi connectivity index (χ1v) is 10.3. The molecule has 1 N–H and O–H groups in total. The Kier molecular flexibility index (Phi) is 5.63. The van der Waals surface area contributed by atoms with Gasteiger partial charge >= 0.3 is 0 Å². The molecule has 0 aliphatic carbocycles. The quantitative estimate of drug-likeness (QED) is 0.662. The number of hydrogen-bond acceptors (Lipinski definition) is 4. The fraction of sp³-hybridized carbons (Fsp3) is 0.158. The lowest BCUT2D eigenvalue weighted by Crippen LogP contribution is -2.30. The highest BCUT2D eigenvalue weighted by atomic mass is 35.5. The van der Waals surface area contributed by atoms with Gasteiger partial charge in [0.2, 0.25) is 0 Å². The molecule has 0 bridgehead atoms. The lowest BCUT2D eigenvalue weighted by molar-refractivity contribution is 0.102. The summed E-state index contributed by atoms with van der Waals surface area (Å²) >= 11 is 5.74. The van der Waals surface area contributed by atoms with E-state index in [1.165, 1.54) is 49.2 Å². The van der Waals surface area contributed by atoms with Gasteiger partial charge in [0.25, 0.3) is 15.9 Å². The fourth-order valence-electron chi connectivity index (χ4n) is 2.72. The average molecular weight is 437 g/mol. The van der Waals surface area contributed by atoms with E-state index in [-0.39, 0.29) is 27.0 Å². The van der Waals surface area contributed by atoms with Gasteiger partial charge in [0, 0.05) is 19.8 Å². The van der Waals surface area contributed by atoms with Gasteiger partial charge < -0.3 is 5.32 Å². The minimum absolute atomic E-state index is 0.0335. The number of rotatable bonds is 5. The van der Waals surface area contributed by atoms with E-state index in [1.54, 1.807) is 12.1 Å². The van der Waals surface area contributed by atoms with Gasteiger partial charge in [-0.15, -0.1) is 0 Å². The van der Waals surface area contributed by atoms with E-state index in [1.807, 2.05) is 6.92 Å². The molecule has 0 saturated heterocycles. The summed E-state index contributed by atoms with van der Waals surface area (Å²) in [5.74, 6) is -1.14. The van der Waals surface area contributed by atoms with Crippen molar-refractivity contribution in [2.45, 2.75) is 11.8 Å². The maximum atomic E-state index is 13.3. The fourth-order valence-corrected chi connectivity index (χ4v) is 4.14. The monoisotopic (exact) mass is 436 g/mol. The lowest BCUT2D eigenvalue weighted by Gasteiger charge is -2.21. The van der Waals surface area contributed by atoms with Crippen molar-refractivity contribution in [3.05, 3.63) is 70.6 Å². The molecule has 1 amide bonds. The molecule has 0 fully saturated rings. The van der Waals surface area contributed by atoms with Crippen LogP contribution in [-0.2, 0) is 17.1 Å². The molecule has 29 heavy (non-hydrogen) atoms. The van der Waals surface area contributed by atoms with Crippen LogP contribution in [0, 0.1) is 12.7 Å². The van der Waals surface area contributed by atoms with Gasteiger partial charge in [0.1, 0.15) is 11.4 Å². The largest absolute Gasteiger partial charge is 0.322 e. The van der Waals surface area contributed by atoms with Crippen LogP contribution >= 0.6 is 11.6 Å². The molecule has 1 heterocycles. The molecule has 3 rings (SSSR count). The zero-order valence-corrected chi connectivity index (χ0v) is 17.4.